The molecule has 0 aromatic heterocycles. The number of hydrogen-bond acceptors (Lipinski definition) is 3. The van der Waals surface area contributed by atoms with Crippen molar-refractivity contribution in [1.29, 1.82) is 0 Å². The Morgan fingerprint density at radius 3 is 2.24 bits per heavy atom. The Morgan fingerprint density at radius 1 is 1.12 bits per heavy atom. The molecule has 2 N–H and O–H groups in total. The number of aliphatic hydroxyl groups is 2. The molecule has 0 heterocycles. The van der Waals surface area contributed by atoms with E-state index in [4.69, 9.17) is 0 Å². The third-order valence-corrected chi connectivity index (χ3v) is 3.04. The van der Waals surface area contributed by atoms with Crippen LogP contribution in [-0.2, 0) is 6.42 Å². The number of likely N-dealkylation sites (N-methyl/N-ethyl adjacent to an activating group) is 1. The monoisotopic (exact) mass is 237 g/mol. The van der Waals surface area contributed by atoms with Crippen molar-refractivity contribution in [2.45, 2.75) is 13.3 Å². The molecule has 96 valence electrons. The van der Waals surface area contributed by atoms with Crippen LogP contribution in [0.3, 0.4) is 0 Å². The summed E-state index contributed by atoms with van der Waals surface area (Å²) < 4.78 is 0. The van der Waals surface area contributed by atoms with Crippen molar-refractivity contribution in [3.63, 3.8) is 0 Å². The summed E-state index contributed by atoms with van der Waals surface area (Å²) in [6, 6.07) is 10.3. The third-order valence-electron chi connectivity index (χ3n) is 3.04. The molecule has 1 aromatic rings. The van der Waals surface area contributed by atoms with Crippen molar-refractivity contribution >= 4 is 0 Å². The molecule has 0 saturated carbocycles. The van der Waals surface area contributed by atoms with Gasteiger partial charge in [0.25, 0.3) is 0 Å². The molecule has 3 nitrogen and oxygen atoms in total. The van der Waals surface area contributed by atoms with E-state index in [1.54, 1.807) is 0 Å². The summed E-state index contributed by atoms with van der Waals surface area (Å²) in [6.07, 6.45) is 0.990. The van der Waals surface area contributed by atoms with Gasteiger partial charge in [-0.3, -0.25) is 0 Å². The zero-order valence-corrected chi connectivity index (χ0v) is 10.8. The van der Waals surface area contributed by atoms with E-state index in [-0.39, 0.29) is 13.2 Å². The van der Waals surface area contributed by atoms with Gasteiger partial charge in [-0.25, -0.2) is 0 Å². The average Bonchev–Trinajstić information content (AvgIpc) is 2.37. The van der Waals surface area contributed by atoms with Gasteiger partial charge in [-0.1, -0.05) is 37.3 Å². The lowest BCUT2D eigenvalue weighted by atomic mass is 9.92. The molecule has 0 amide bonds. The predicted octanol–water partition coefficient (Wildman–Crippen LogP) is 1.15. The highest BCUT2D eigenvalue weighted by Gasteiger charge is 2.23. The topological polar surface area (TPSA) is 43.7 Å². The summed E-state index contributed by atoms with van der Waals surface area (Å²) in [5.74, 6) is 0. The number of benzene rings is 1. The molecule has 0 fully saturated rings. The Hall–Kier alpha value is -0.900. The lowest BCUT2D eigenvalue weighted by molar-refractivity contribution is 0.0423. The maximum Gasteiger partial charge on any atom is 0.0519 e. The first-order valence-corrected chi connectivity index (χ1v) is 6.04. The maximum absolute atomic E-state index is 9.23. The van der Waals surface area contributed by atoms with Crippen molar-refractivity contribution in [3.8, 4) is 0 Å². The van der Waals surface area contributed by atoms with Gasteiger partial charge in [-0.15, -0.1) is 0 Å². The van der Waals surface area contributed by atoms with Crippen molar-refractivity contribution in [1.82, 2.24) is 4.90 Å². The summed E-state index contributed by atoms with van der Waals surface area (Å²) in [5, 5.41) is 18.5. The van der Waals surface area contributed by atoms with Crippen LogP contribution in [0, 0.1) is 5.41 Å². The van der Waals surface area contributed by atoms with E-state index in [2.05, 4.69) is 17.0 Å². The molecule has 17 heavy (non-hydrogen) atoms. The van der Waals surface area contributed by atoms with Crippen LogP contribution in [0.4, 0.5) is 0 Å². The average molecular weight is 237 g/mol. The second-order valence-corrected chi connectivity index (χ2v) is 5.10. The van der Waals surface area contributed by atoms with Crippen molar-refractivity contribution < 1.29 is 10.2 Å². The van der Waals surface area contributed by atoms with E-state index in [1.807, 2.05) is 32.2 Å². The molecule has 1 aromatic carbocycles. The number of nitrogens with zero attached hydrogens (tertiary/aromatic N) is 1. The van der Waals surface area contributed by atoms with Crippen LogP contribution in [0.1, 0.15) is 12.5 Å². The fourth-order valence-corrected chi connectivity index (χ4v) is 1.85. The standard InChI is InChI=1S/C14H23NO2/c1-14(11-16,12-17)10-15(2)9-8-13-6-4-3-5-7-13/h3-7,16-17H,8-12H2,1-2H3. The maximum atomic E-state index is 9.23. The molecular formula is C14H23NO2. The Kier molecular flexibility index (Phi) is 5.62. The summed E-state index contributed by atoms with van der Waals surface area (Å²) in [7, 11) is 2.02. The van der Waals surface area contributed by atoms with Gasteiger partial charge in [0.2, 0.25) is 0 Å². The molecule has 0 spiro atoms. The first-order valence-electron chi connectivity index (χ1n) is 6.04. The highest BCUT2D eigenvalue weighted by Crippen LogP contribution is 2.15. The number of aliphatic hydroxyl groups excluding tert-OH is 2. The quantitative estimate of drug-likeness (QED) is 0.748. The summed E-state index contributed by atoms with van der Waals surface area (Å²) in [5.41, 5.74) is 0.903. The first-order chi connectivity index (χ1) is 8.09. The Bertz CT molecular complexity index is 309. The molecule has 0 unspecified atom stereocenters. The second kappa shape index (κ2) is 6.74. The fraction of sp³-hybridized carbons (Fsp3) is 0.571. The SMILES string of the molecule is CN(CCc1ccccc1)CC(C)(CO)CO. The minimum absolute atomic E-state index is 0.0131. The smallest absolute Gasteiger partial charge is 0.0519 e. The van der Waals surface area contributed by atoms with Crippen LogP contribution < -0.4 is 0 Å². The normalized spacial score (nSPS) is 12.1. The lowest BCUT2D eigenvalue weighted by Gasteiger charge is -2.30. The first kappa shape index (κ1) is 14.2. The van der Waals surface area contributed by atoms with Crippen LogP contribution in [0.15, 0.2) is 30.3 Å². The zero-order chi connectivity index (χ0) is 12.7. The minimum atomic E-state index is -0.411. The van der Waals surface area contributed by atoms with Crippen molar-refractivity contribution in [3.05, 3.63) is 35.9 Å². The van der Waals surface area contributed by atoms with Gasteiger partial charge in [-0.2, -0.15) is 0 Å². The van der Waals surface area contributed by atoms with Gasteiger partial charge >= 0.3 is 0 Å². The molecule has 0 atom stereocenters. The van der Waals surface area contributed by atoms with Gasteiger partial charge in [0, 0.05) is 18.5 Å². The number of rotatable bonds is 7. The highest BCUT2D eigenvalue weighted by molar-refractivity contribution is 5.14. The number of hydrogen-bond donors (Lipinski definition) is 2. The molecule has 0 saturated heterocycles. The van der Waals surface area contributed by atoms with E-state index >= 15 is 0 Å². The van der Waals surface area contributed by atoms with Crippen LogP contribution >= 0.6 is 0 Å². The Balaban J connectivity index is 2.37. The van der Waals surface area contributed by atoms with E-state index in [9.17, 15) is 10.2 Å². The van der Waals surface area contributed by atoms with Crippen LogP contribution in [-0.4, -0.2) is 48.5 Å². The third kappa shape index (κ3) is 4.86. The van der Waals surface area contributed by atoms with E-state index in [0.29, 0.717) is 6.54 Å². The summed E-state index contributed by atoms with van der Waals surface area (Å²) >= 11 is 0. The van der Waals surface area contributed by atoms with Gasteiger partial charge in [-0.05, 0) is 19.0 Å². The fourth-order valence-electron chi connectivity index (χ4n) is 1.85. The second-order valence-electron chi connectivity index (χ2n) is 5.10. The Labute approximate surface area is 104 Å². The molecule has 0 bridgehead atoms. The summed E-state index contributed by atoms with van der Waals surface area (Å²) in [4.78, 5) is 2.15. The molecule has 0 aliphatic carbocycles. The highest BCUT2D eigenvalue weighted by atomic mass is 16.3. The van der Waals surface area contributed by atoms with Gasteiger partial charge < -0.3 is 15.1 Å². The molecule has 3 heteroatoms. The minimum Gasteiger partial charge on any atom is -0.396 e. The largest absolute Gasteiger partial charge is 0.396 e. The van der Waals surface area contributed by atoms with Crippen LogP contribution in [0.5, 0.6) is 0 Å². The van der Waals surface area contributed by atoms with Gasteiger partial charge in [0.15, 0.2) is 0 Å². The van der Waals surface area contributed by atoms with Gasteiger partial charge in [0.05, 0.1) is 13.2 Å². The Morgan fingerprint density at radius 2 is 1.71 bits per heavy atom. The molecule has 1 rings (SSSR count). The van der Waals surface area contributed by atoms with Crippen molar-refractivity contribution in [2.75, 3.05) is 33.4 Å². The molecular weight excluding hydrogens is 214 g/mol. The molecule has 0 radical (unpaired) electrons. The lowest BCUT2D eigenvalue weighted by Crippen LogP contribution is -2.39. The molecule has 0 aliphatic heterocycles. The van der Waals surface area contributed by atoms with Crippen molar-refractivity contribution in [2.24, 2.45) is 5.41 Å². The molecule has 0 aliphatic rings. The summed E-state index contributed by atoms with van der Waals surface area (Å²) in [6.45, 7) is 3.55. The van der Waals surface area contributed by atoms with Crippen LogP contribution in [0.25, 0.3) is 0 Å². The van der Waals surface area contributed by atoms with E-state index in [0.717, 1.165) is 13.0 Å². The van der Waals surface area contributed by atoms with Gasteiger partial charge in [0.1, 0.15) is 0 Å². The predicted molar refractivity (Wildman–Crippen MR) is 69.9 cm³/mol. The van der Waals surface area contributed by atoms with Crippen LogP contribution in [0.2, 0.25) is 0 Å². The zero-order valence-electron chi connectivity index (χ0n) is 10.8. The van der Waals surface area contributed by atoms with E-state index in [1.165, 1.54) is 5.56 Å². The van der Waals surface area contributed by atoms with E-state index < -0.39 is 5.41 Å².